The van der Waals surface area contributed by atoms with Crippen LogP contribution in [-0.4, -0.2) is 15.9 Å². The number of carbonyl (C=O) groups excluding carboxylic acids is 1. The van der Waals surface area contributed by atoms with Crippen molar-refractivity contribution in [1.29, 1.82) is 5.26 Å². The van der Waals surface area contributed by atoms with Crippen LogP contribution in [0.4, 0.5) is 8.78 Å². The second-order valence-corrected chi connectivity index (χ2v) is 5.27. The Morgan fingerprint density at radius 1 is 1.42 bits per heavy atom. The number of aliphatic hydroxyl groups is 1. The molecule has 0 unspecified atom stereocenters. The number of benzene rings is 1. The molecule has 0 aliphatic heterocycles. The molecule has 1 aromatic heterocycles. The predicted octanol–water partition coefficient (Wildman–Crippen LogP) is 3.86. The molecule has 7 heteroatoms. The fourth-order valence-electron chi connectivity index (χ4n) is 2.18. The Balaban J connectivity index is 0.00000338. The van der Waals surface area contributed by atoms with Gasteiger partial charge in [-0.25, -0.2) is 0 Å². The predicted molar refractivity (Wildman–Crippen MR) is 87.2 cm³/mol. The summed E-state index contributed by atoms with van der Waals surface area (Å²) in [5.74, 6) is -2.28. The zero-order valence-electron chi connectivity index (χ0n) is 13.7. The van der Waals surface area contributed by atoms with Gasteiger partial charge in [0.2, 0.25) is 0 Å². The summed E-state index contributed by atoms with van der Waals surface area (Å²) in [6.45, 7) is 1.34. The monoisotopic (exact) mass is 533 g/mol. The van der Waals surface area contributed by atoms with Gasteiger partial charge in [-0.05, 0) is 31.5 Å². The van der Waals surface area contributed by atoms with Crippen LogP contribution in [-0.2, 0) is 31.3 Å². The Morgan fingerprint density at radius 2 is 2.15 bits per heavy atom. The molecule has 2 aromatic rings. The van der Waals surface area contributed by atoms with Gasteiger partial charge in [-0.3, -0.25) is 13.6 Å². The zero-order chi connectivity index (χ0) is 18.4. The van der Waals surface area contributed by atoms with Gasteiger partial charge in [-0.15, -0.1) is 12.1 Å². The van der Waals surface area contributed by atoms with E-state index >= 15 is 0 Å². The summed E-state index contributed by atoms with van der Waals surface area (Å²) >= 11 is 0. The van der Waals surface area contributed by atoms with E-state index in [2.05, 4.69) is 11.1 Å². The minimum absolute atomic E-state index is 0. The first-order valence-corrected chi connectivity index (χ1v) is 7.40. The Hall–Kier alpha value is -2.42. The number of aliphatic hydroxyl groups excluding tert-OH is 1. The van der Waals surface area contributed by atoms with E-state index in [1.807, 2.05) is 0 Å². The molecule has 1 N–H and O–H groups in total. The van der Waals surface area contributed by atoms with Crippen molar-refractivity contribution in [3.8, 4) is 17.3 Å². The second-order valence-electron chi connectivity index (χ2n) is 5.27. The van der Waals surface area contributed by atoms with Crippen LogP contribution in [0.1, 0.15) is 24.6 Å². The summed E-state index contributed by atoms with van der Waals surface area (Å²) in [6.07, 6.45) is 3.41. The van der Waals surface area contributed by atoms with Crippen molar-refractivity contribution in [2.24, 2.45) is 0 Å². The topological polar surface area (TPSA) is 74.0 Å². The molecule has 1 heterocycles. The number of carbonyl (C=O) groups is 1. The van der Waals surface area contributed by atoms with E-state index in [-0.39, 0.29) is 49.3 Å². The Bertz CT molecular complexity index is 876. The first kappa shape index (κ1) is 21.6. The largest absolute Gasteiger partial charge is 0.512 e. The first-order chi connectivity index (χ1) is 11.9. The smallest absolute Gasteiger partial charge is 0.155 e. The van der Waals surface area contributed by atoms with E-state index in [1.54, 1.807) is 18.6 Å². The first-order valence-electron chi connectivity index (χ1n) is 7.40. The number of halogens is 2. The number of aromatic nitrogens is 1. The van der Waals surface area contributed by atoms with Crippen LogP contribution >= 0.6 is 0 Å². The van der Waals surface area contributed by atoms with Gasteiger partial charge in [-0.2, -0.15) is 5.26 Å². The number of ketones is 1. The summed E-state index contributed by atoms with van der Waals surface area (Å²) in [7, 11) is 0. The molecule has 0 saturated heterocycles. The number of allylic oxidation sites excluding steroid dienone is 2. The quantitative estimate of drug-likeness (QED) is 0.349. The van der Waals surface area contributed by atoms with Crippen LogP contribution in [0.15, 0.2) is 36.1 Å². The molecule has 0 amide bonds. The minimum Gasteiger partial charge on any atom is -0.512 e. The van der Waals surface area contributed by atoms with Crippen molar-refractivity contribution in [1.82, 2.24) is 4.98 Å². The van der Waals surface area contributed by atoms with Crippen LogP contribution in [0.5, 0.6) is 0 Å². The fourth-order valence-corrected chi connectivity index (χ4v) is 2.18. The van der Waals surface area contributed by atoms with Crippen LogP contribution < -0.4 is 0 Å². The van der Waals surface area contributed by atoms with Crippen LogP contribution in [0, 0.1) is 35.5 Å². The van der Waals surface area contributed by atoms with Crippen LogP contribution in [0.3, 0.4) is 0 Å². The Labute approximate surface area is 163 Å². The van der Waals surface area contributed by atoms with Gasteiger partial charge in [0.25, 0.3) is 0 Å². The molecular weight excluding hydrogens is 518 g/mol. The number of pyridine rings is 1. The van der Waals surface area contributed by atoms with Crippen molar-refractivity contribution < 1.29 is 38.8 Å². The van der Waals surface area contributed by atoms with Crippen molar-refractivity contribution in [3.05, 3.63) is 71.5 Å². The molecule has 4 nitrogen and oxygen atoms in total. The summed E-state index contributed by atoms with van der Waals surface area (Å²) in [5, 5.41) is 18.4. The standard InChI is InChI=1S/C19H14F2N2O2.Ir/c1-12(24)10-14(25)6-2-4-13-5-3-7-18(23-13)15-8-9-17(20)16(11-22)19(15)21;/h2-3,5,7,9-10,25H,4,6H2,1H3;/q-1;/b14-10-;. The van der Waals surface area contributed by atoms with Crippen molar-refractivity contribution >= 4 is 5.78 Å². The molecule has 0 aliphatic carbocycles. The van der Waals surface area contributed by atoms with Gasteiger partial charge in [0, 0.05) is 43.9 Å². The molecule has 26 heavy (non-hydrogen) atoms. The molecule has 1 aromatic carbocycles. The molecule has 0 bridgehead atoms. The summed E-state index contributed by atoms with van der Waals surface area (Å²) in [4.78, 5) is 15.1. The van der Waals surface area contributed by atoms with Gasteiger partial charge >= 0.3 is 0 Å². The Morgan fingerprint density at radius 3 is 2.81 bits per heavy atom. The molecule has 2 radical (unpaired) electrons. The number of rotatable bonds is 6. The SMILES string of the molecule is CC(=O)/C=C(\O)C[CH]Cc1cccc(-c2[c-]cc(F)c(C#N)c2F)n1.[Ir]. The Kier molecular flexibility index (Phi) is 8.24. The van der Waals surface area contributed by atoms with Gasteiger partial charge in [-0.1, -0.05) is 17.7 Å². The van der Waals surface area contributed by atoms with Crippen molar-refractivity contribution in [2.75, 3.05) is 0 Å². The molecule has 0 atom stereocenters. The fraction of sp³-hybridized carbons (Fsp3) is 0.158. The van der Waals surface area contributed by atoms with Gasteiger partial charge < -0.3 is 10.1 Å². The zero-order valence-corrected chi connectivity index (χ0v) is 16.1. The van der Waals surface area contributed by atoms with E-state index in [4.69, 9.17) is 5.26 Å². The average molecular weight is 533 g/mol. The van der Waals surface area contributed by atoms with E-state index in [0.29, 0.717) is 12.1 Å². The number of nitriles is 1. The third kappa shape index (κ3) is 5.55. The summed E-state index contributed by atoms with van der Waals surface area (Å²) < 4.78 is 27.6. The number of hydrogen-bond acceptors (Lipinski definition) is 4. The van der Waals surface area contributed by atoms with E-state index in [1.165, 1.54) is 19.1 Å². The number of nitrogens with zero attached hydrogens (tertiary/aromatic N) is 2. The second kappa shape index (κ2) is 9.91. The molecule has 2 rings (SSSR count). The van der Waals surface area contributed by atoms with E-state index < -0.39 is 17.2 Å². The summed E-state index contributed by atoms with van der Waals surface area (Å²) in [6, 6.07) is 9.74. The molecule has 0 aliphatic rings. The molecular formula is C19H14F2IrN2O2-. The third-order valence-electron chi connectivity index (χ3n) is 3.27. The van der Waals surface area contributed by atoms with Gasteiger partial charge in [0.1, 0.15) is 0 Å². The average Bonchev–Trinajstić information content (AvgIpc) is 2.55. The normalized spacial score (nSPS) is 10.8. The van der Waals surface area contributed by atoms with Crippen molar-refractivity contribution in [2.45, 2.75) is 19.8 Å². The van der Waals surface area contributed by atoms with Gasteiger partial charge in [0.15, 0.2) is 5.78 Å². The summed E-state index contributed by atoms with van der Waals surface area (Å²) in [5.41, 5.74) is 0.0538. The maximum Gasteiger partial charge on any atom is 0.155 e. The molecule has 0 fully saturated rings. The maximum absolute atomic E-state index is 14.2. The molecule has 136 valence electrons. The molecule has 0 spiro atoms. The van der Waals surface area contributed by atoms with Crippen molar-refractivity contribution in [3.63, 3.8) is 0 Å². The molecule has 0 saturated carbocycles. The maximum atomic E-state index is 14.2. The number of hydrogen-bond donors (Lipinski definition) is 1. The van der Waals surface area contributed by atoms with Crippen LogP contribution in [0.2, 0.25) is 0 Å². The van der Waals surface area contributed by atoms with Gasteiger partial charge in [0.05, 0.1) is 23.5 Å². The third-order valence-corrected chi connectivity index (χ3v) is 3.27. The van der Waals surface area contributed by atoms with Crippen LogP contribution in [0.25, 0.3) is 11.3 Å². The van der Waals surface area contributed by atoms with E-state index in [0.717, 1.165) is 12.1 Å². The minimum atomic E-state index is -1.00. The van der Waals surface area contributed by atoms with E-state index in [9.17, 15) is 18.7 Å².